The Balaban J connectivity index is 1.42. The van der Waals surface area contributed by atoms with Crippen LogP contribution in [-0.4, -0.2) is 16.7 Å². The average molecular weight is 283 g/mol. The van der Waals surface area contributed by atoms with Crippen molar-refractivity contribution in [1.29, 1.82) is 0 Å². The third kappa shape index (κ3) is 4.26. The molecule has 4 heteroatoms. The summed E-state index contributed by atoms with van der Waals surface area (Å²) in [6, 6.07) is 10.2. The topological polar surface area (TPSA) is 51.0 Å². The van der Waals surface area contributed by atoms with Gasteiger partial charge in [-0.1, -0.05) is 47.1 Å². The molecule has 0 saturated heterocycles. The molecule has 1 aliphatic rings. The largest absolute Gasteiger partial charge is 0.338 e. The average Bonchev–Trinajstić information content (AvgIpc) is 3.17. The Hall–Kier alpha value is -1.94. The first-order valence-electron chi connectivity index (χ1n) is 7.64. The van der Waals surface area contributed by atoms with E-state index in [1.807, 2.05) is 18.2 Å². The van der Waals surface area contributed by atoms with Crippen LogP contribution in [0.1, 0.15) is 43.0 Å². The van der Waals surface area contributed by atoms with Crippen LogP contribution in [0, 0.1) is 0 Å². The Morgan fingerprint density at radius 3 is 2.90 bits per heavy atom. The van der Waals surface area contributed by atoms with Crippen molar-refractivity contribution in [2.45, 2.75) is 38.6 Å². The van der Waals surface area contributed by atoms with Crippen LogP contribution in [0.15, 0.2) is 46.5 Å². The second-order valence-corrected chi connectivity index (χ2v) is 5.45. The lowest BCUT2D eigenvalue weighted by atomic mass is 10.1. The van der Waals surface area contributed by atoms with Gasteiger partial charge in [-0.15, -0.1) is 0 Å². The number of aromatic nitrogens is 2. The second kappa shape index (κ2) is 7.18. The van der Waals surface area contributed by atoms with E-state index >= 15 is 0 Å². The van der Waals surface area contributed by atoms with E-state index in [1.54, 1.807) is 5.57 Å². The zero-order valence-electron chi connectivity index (χ0n) is 12.2. The number of nitrogens with zero attached hydrogens (tertiary/aromatic N) is 2. The minimum absolute atomic E-state index is 0.648. The van der Waals surface area contributed by atoms with E-state index in [-0.39, 0.29) is 0 Å². The highest BCUT2D eigenvalue weighted by Gasteiger charge is 2.07. The van der Waals surface area contributed by atoms with Gasteiger partial charge in [0.15, 0.2) is 5.82 Å². The summed E-state index contributed by atoms with van der Waals surface area (Å²) >= 11 is 0. The maximum atomic E-state index is 5.27. The lowest BCUT2D eigenvalue weighted by Gasteiger charge is -2.02. The van der Waals surface area contributed by atoms with Gasteiger partial charge in [-0.25, -0.2) is 0 Å². The maximum absolute atomic E-state index is 5.27. The molecule has 3 rings (SSSR count). The van der Waals surface area contributed by atoms with E-state index in [4.69, 9.17) is 4.52 Å². The van der Waals surface area contributed by atoms with Crippen molar-refractivity contribution in [3.63, 3.8) is 0 Å². The molecule has 1 N–H and O–H groups in total. The van der Waals surface area contributed by atoms with E-state index in [0.29, 0.717) is 12.4 Å². The molecule has 21 heavy (non-hydrogen) atoms. The fraction of sp³-hybridized carbons (Fsp3) is 0.412. The van der Waals surface area contributed by atoms with Gasteiger partial charge in [-0.3, -0.25) is 0 Å². The van der Waals surface area contributed by atoms with Crippen molar-refractivity contribution in [3.05, 3.63) is 59.3 Å². The van der Waals surface area contributed by atoms with Gasteiger partial charge in [-0.2, -0.15) is 4.98 Å². The number of hydrogen-bond acceptors (Lipinski definition) is 4. The minimum Gasteiger partial charge on any atom is -0.338 e. The smallest absolute Gasteiger partial charge is 0.240 e. The van der Waals surface area contributed by atoms with Crippen LogP contribution in [-0.2, 0) is 13.0 Å². The number of rotatable bonds is 7. The minimum atomic E-state index is 0.648. The molecule has 0 atom stereocenters. The molecule has 0 saturated carbocycles. The number of allylic oxidation sites excluding steroid dienone is 1. The van der Waals surface area contributed by atoms with Crippen LogP contribution >= 0.6 is 0 Å². The van der Waals surface area contributed by atoms with Gasteiger partial charge in [-0.05, 0) is 37.8 Å². The quantitative estimate of drug-likeness (QED) is 0.626. The first kappa shape index (κ1) is 14.0. The molecular weight excluding hydrogens is 262 g/mol. The molecule has 1 heterocycles. The fourth-order valence-corrected chi connectivity index (χ4v) is 2.62. The molecular formula is C17H21N3O. The highest BCUT2D eigenvalue weighted by atomic mass is 16.5. The van der Waals surface area contributed by atoms with Gasteiger partial charge < -0.3 is 9.84 Å². The number of benzene rings is 1. The van der Waals surface area contributed by atoms with Crippen LogP contribution in [0.4, 0.5) is 0 Å². The summed E-state index contributed by atoms with van der Waals surface area (Å²) < 4.78 is 5.27. The normalized spacial score (nSPS) is 14.4. The Morgan fingerprint density at radius 2 is 2.10 bits per heavy atom. The Bertz CT molecular complexity index is 589. The molecule has 1 aromatic heterocycles. The van der Waals surface area contributed by atoms with Crippen LogP contribution in [0.5, 0.6) is 0 Å². The van der Waals surface area contributed by atoms with Crippen LogP contribution in [0.2, 0.25) is 0 Å². The van der Waals surface area contributed by atoms with Crippen molar-refractivity contribution in [2.24, 2.45) is 0 Å². The molecule has 0 fully saturated rings. The number of hydrogen-bond donors (Lipinski definition) is 1. The van der Waals surface area contributed by atoms with Crippen molar-refractivity contribution >= 4 is 0 Å². The summed E-state index contributed by atoms with van der Waals surface area (Å²) in [5, 5.41) is 7.40. The van der Waals surface area contributed by atoms with Crippen LogP contribution < -0.4 is 5.32 Å². The van der Waals surface area contributed by atoms with E-state index in [1.165, 1.54) is 24.8 Å². The van der Waals surface area contributed by atoms with Crippen molar-refractivity contribution < 1.29 is 4.52 Å². The van der Waals surface area contributed by atoms with E-state index in [0.717, 1.165) is 25.2 Å². The lowest BCUT2D eigenvalue weighted by molar-refractivity contribution is 0.364. The van der Waals surface area contributed by atoms with Crippen LogP contribution in [0.25, 0.3) is 0 Å². The van der Waals surface area contributed by atoms with Crippen molar-refractivity contribution in [3.8, 4) is 0 Å². The summed E-state index contributed by atoms with van der Waals surface area (Å²) in [4.78, 5) is 4.42. The Morgan fingerprint density at radius 1 is 1.19 bits per heavy atom. The predicted octanol–water partition coefficient (Wildman–Crippen LogP) is 3.25. The molecule has 0 bridgehead atoms. The van der Waals surface area contributed by atoms with Gasteiger partial charge in [0.2, 0.25) is 5.89 Å². The van der Waals surface area contributed by atoms with E-state index < -0.39 is 0 Å². The number of nitrogens with one attached hydrogen (secondary N) is 1. The van der Waals surface area contributed by atoms with E-state index in [2.05, 4.69) is 33.7 Å². The third-order valence-corrected chi connectivity index (χ3v) is 3.75. The second-order valence-electron chi connectivity index (χ2n) is 5.45. The fourth-order valence-electron chi connectivity index (χ4n) is 2.62. The van der Waals surface area contributed by atoms with Crippen LogP contribution in [0.3, 0.4) is 0 Å². The summed E-state index contributed by atoms with van der Waals surface area (Å²) in [7, 11) is 0. The molecule has 4 nitrogen and oxygen atoms in total. The van der Waals surface area contributed by atoms with Gasteiger partial charge in [0.1, 0.15) is 0 Å². The molecule has 0 aliphatic heterocycles. The Labute approximate surface area is 125 Å². The highest BCUT2D eigenvalue weighted by Crippen LogP contribution is 2.19. The first-order valence-corrected chi connectivity index (χ1v) is 7.64. The standard InChI is InChI=1S/C17H21N3O/c1-2-8-15(9-3-1)12-16-19-17(21-20-16)13-18-11-10-14-6-4-5-7-14/h1-3,6,8-9,18H,4-5,7,10-13H2. The zero-order valence-corrected chi connectivity index (χ0v) is 12.2. The van der Waals surface area contributed by atoms with Crippen molar-refractivity contribution in [2.75, 3.05) is 6.54 Å². The van der Waals surface area contributed by atoms with Gasteiger partial charge in [0, 0.05) is 6.42 Å². The molecule has 0 spiro atoms. The summed E-state index contributed by atoms with van der Waals surface area (Å²) in [5.41, 5.74) is 2.78. The third-order valence-electron chi connectivity index (χ3n) is 3.75. The lowest BCUT2D eigenvalue weighted by Crippen LogP contribution is -2.15. The maximum Gasteiger partial charge on any atom is 0.240 e. The predicted molar refractivity (Wildman–Crippen MR) is 81.8 cm³/mol. The molecule has 0 radical (unpaired) electrons. The zero-order chi connectivity index (χ0) is 14.3. The molecule has 2 aromatic rings. The van der Waals surface area contributed by atoms with Gasteiger partial charge in [0.05, 0.1) is 6.54 Å². The molecule has 0 amide bonds. The monoisotopic (exact) mass is 283 g/mol. The SMILES string of the molecule is C1=C(CCNCc2nc(Cc3ccccc3)no2)CCC1. The molecule has 1 aromatic carbocycles. The highest BCUT2D eigenvalue weighted by molar-refractivity contribution is 5.18. The van der Waals surface area contributed by atoms with Gasteiger partial charge in [0.25, 0.3) is 0 Å². The molecule has 110 valence electrons. The summed E-state index contributed by atoms with van der Waals surface area (Å²) in [6.45, 7) is 1.62. The van der Waals surface area contributed by atoms with E-state index in [9.17, 15) is 0 Å². The summed E-state index contributed by atoms with van der Waals surface area (Å²) in [6.07, 6.45) is 8.06. The Kier molecular flexibility index (Phi) is 4.79. The van der Waals surface area contributed by atoms with Crippen molar-refractivity contribution in [1.82, 2.24) is 15.5 Å². The van der Waals surface area contributed by atoms with Gasteiger partial charge >= 0.3 is 0 Å². The molecule has 1 aliphatic carbocycles. The first-order chi connectivity index (χ1) is 10.4. The summed E-state index contributed by atoms with van der Waals surface area (Å²) in [5.74, 6) is 1.41. The molecule has 0 unspecified atom stereocenters.